The Labute approximate surface area is 254 Å². The molecular weight excluding hydrogens is 544 g/mol. The summed E-state index contributed by atoms with van der Waals surface area (Å²) in [6, 6.07) is 12.0. The fourth-order valence-corrected chi connectivity index (χ4v) is 7.59. The molecule has 0 heterocycles. The fraction of sp³-hybridized carbons (Fsp3) is 0.618. The van der Waals surface area contributed by atoms with E-state index in [0.717, 1.165) is 27.9 Å². The van der Waals surface area contributed by atoms with Crippen molar-refractivity contribution in [2.45, 2.75) is 110 Å². The van der Waals surface area contributed by atoms with Crippen LogP contribution in [0, 0.1) is 0 Å². The first kappa shape index (κ1) is 34.3. The van der Waals surface area contributed by atoms with Crippen LogP contribution in [0.25, 0.3) is 11.1 Å². The molecule has 0 aliphatic heterocycles. The van der Waals surface area contributed by atoms with E-state index in [4.69, 9.17) is 24.7 Å². The number of nitrogens with one attached hydrogen (secondary N) is 1. The van der Waals surface area contributed by atoms with Crippen LogP contribution in [-0.2, 0) is 23.7 Å². The molecule has 1 amide bonds. The van der Waals surface area contributed by atoms with Gasteiger partial charge in [-0.15, -0.1) is 0 Å². The van der Waals surface area contributed by atoms with Crippen LogP contribution >= 0.6 is 0 Å². The number of hydrogen-bond acceptors (Lipinski definition) is 6. The van der Waals surface area contributed by atoms with E-state index in [9.17, 15) is 4.79 Å². The average Bonchev–Trinajstić information content (AvgIpc) is 3.17. The van der Waals surface area contributed by atoms with Crippen molar-refractivity contribution in [1.29, 1.82) is 0 Å². The van der Waals surface area contributed by atoms with Gasteiger partial charge in [-0.2, -0.15) is 0 Å². The fourth-order valence-electron chi connectivity index (χ4n) is 5.32. The number of fused-ring (bicyclic) bond motifs is 3. The minimum absolute atomic E-state index is 0.0102. The smallest absolute Gasteiger partial charge is 0.250 e. The SMILES string of the molecule is CCOC(C)OCC1c2cc(N)ccc2-c2ccc(NC(=O)COC(C)(C)CCOC(C)(C)[Si](C)(C)C(C)(C)C)cc21. The molecule has 2 aromatic rings. The van der Waals surface area contributed by atoms with Gasteiger partial charge in [0.2, 0.25) is 5.91 Å². The van der Waals surface area contributed by atoms with E-state index in [-0.39, 0.29) is 35.0 Å². The van der Waals surface area contributed by atoms with Crippen LogP contribution in [0.1, 0.15) is 85.8 Å². The van der Waals surface area contributed by atoms with Gasteiger partial charge in [0.05, 0.1) is 25.5 Å². The maximum absolute atomic E-state index is 12.9. The van der Waals surface area contributed by atoms with E-state index < -0.39 is 13.7 Å². The van der Waals surface area contributed by atoms with Gasteiger partial charge in [-0.3, -0.25) is 4.79 Å². The van der Waals surface area contributed by atoms with E-state index in [1.54, 1.807) is 0 Å². The quantitative estimate of drug-likeness (QED) is 0.131. The van der Waals surface area contributed by atoms with Gasteiger partial charge in [0.15, 0.2) is 6.29 Å². The zero-order chi connectivity index (χ0) is 31.5. The number of carbonyl (C=O) groups is 1. The zero-order valence-corrected chi connectivity index (χ0v) is 28.8. The summed E-state index contributed by atoms with van der Waals surface area (Å²) in [5.41, 5.74) is 11.6. The Morgan fingerprint density at radius 3 is 2.19 bits per heavy atom. The third kappa shape index (κ3) is 8.02. The zero-order valence-electron chi connectivity index (χ0n) is 27.8. The molecule has 0 fully saturated rings. The second-order valence-corrected chi connectivity index (χ2v) is 20.1. The third-order valence-electron chi connectivity index (χ3n) is 9.49. The topological polar surface area (TPSA) is 92.0 Å². The molecule has 0 saturated carbocycles. The molecule has 1 aliphatic carbocycles. The monoisotopic (exact) mass is 598 g/mol. The van der Waals surface area contributed by atoms with Gasteiger partial charge in [0, 0.05) is 30.5 Å². The van der Waals surface area contributed by atoms with Gasteiger partial charge in [-0.25, -0.2) is 0 Å². The van der Waals surface area contributed by atoms with Crippen molar-refractivity contribution in [3.8, 4) is 11.1 Å². The van der Waals surface area contributed by atoms with E-state index in [1.807, 2.05) is 52.0 Å². The number of rotatable bonds is 14. The van der Waals surface area contributed by atoms with E-state index in [0.29, 0.717) is 31.9 Å². The van der Waals surface area contributed by atoms with Crippen LogP contribution in [-0.4, -0.2) is 57.5 Å². The number of hydrogen-bond donors (Lipinski definition) is 2. The molecule has 2 atom stereocenters. The summed E-state index contributed by atoms with van der Waals surface area (Å²) in [6.07, 6.45) is 0.385. The molecular formula is C34H54N2O5Si. The highest BCUT2D eigenvalue weighted by Crippen LogP contribution is 2.47. The molecule has 0 aromatic heterocycles. The Morgan fingerprint density at radius 1 is 0.952 bits per heavy atom. The number of amides is 1. The lowest BCUT2D eigenvalue weighted by Crippen LogP contribution is -2.58. The van der Waals surface area contributed by atoms with Crippen molar-refractivity contribution in [3.05, 3.63) is 47.5 Å². The first-order chi connectivity index (χ1) is 19.4. The number of benzene rings is 2. The highest BCUT2D eigenvalue weighted by Gasteiger charge is 2.48. The summed E-state index contributed by atoms with van der Waals surface area (Å²) < 4.78 is 24.1. The lowest BCUT2D eigenvalue weighted by atomic mass is 9.97. The Bertz CT molecular complexity index is 1230. The number of nitrogen functional groups attached to an aromatic ring is 1. The predicted molar refractivity (Wildman–Crippen MR) is 176 cm³/mol. The highest BCUT2D eigenvalue weighted by molar-refractivity contribution is 6.82. The molecule has 7 nitrogen and oxygen atoms in total. The van der Waals surface area contributed by atoms with Crippen LogP contribution in [0.3, 0.4) is 0 Å². The third-order valence-corrected chi connectivity index (χ3v) is 16.4. The van der Waals surface area contributed by atoms with Crippen LogP contribution in [0.2, 0.25) is 18.1 Å². The number of nitrogens with two attached hydrogens (primary N) is 1. The summed E-state index contributed by atoms with van der Waals surface area (Å²) in [4.78, 5) is 12.9. The van der Waals surface area contributed by atoms with Crippen LogP contribution in [0.15, 0.2) is 36.4 Å². The van der Waals surface area contributed by atoms with Crippen molar-refractivity contribution >= 4 is 25.4 Å². The molecule has 0 saturated heterocycles. The number of ether oxygens (including phenoxy) is 4. The lowest BCUT2D eigenvalue weighted by molar-refractivity contribution is -0.128. The Morgan fingerprint density at radius 2 is 1.57 bits per heavy atom. The Balaban J connectivity index is 1.61. The molecule has 0 spiro atoms. The molecule has 234 valence electrons. The van der Waals surface area contributed by atoms with Crippen molar-refractivity contribution in [2.75, 3.05) is 37.5 Å². The van der Waals surface area contributed by atoms with Crippen LogP contribution in [0.5, 0.6) is 0 Å². The molecule has 2 aromatic carbocycles. The molecule has 42 heavy (non-hydrogen) atoms. The maximum Gasteiger partial charge on any atom is 0.250 e. The molecule has 3 rings (SSSR count). The van der Waals surface area contributed by atoms with Gasteiger partial charge in [0.1, 0.15) is 6.61 Å². The molecule has 8 heteroatoms. The van der Waals surface area contributed by atoms with Gasteiger partial charge in [0.25, 0.3) is 0 Å². The molecule has 0 bridgehead atoms. The van der Waals surface area contributed by atoms with Crippen molar-refractivity contribution < 1.29 is 23.7 Å². The van der Waals surface area contributed by atoms with Crippen LogP contribution < -0.4 is 11.1 Å². The average molecular weight is 599 g/mol. The van der Waals surface area contributed by atoms with Gasteiger partial charge in [-0.05, 0) is 99.5 Å². The van der Waals surface area contributed by atoms with Gasteiger partial charge < -0.3 is 30.0 Å². The first-order valence-electron chi connectivity index (χ1n) is 15.2. The minimum atomic E-state index is -1.71. The van der Waals surface area contributed by atoms with Crippen LogP contribution in [0.4, 0.5) is 11.4 Å². The van der Waals surface area contributed by atoms with Gasteiger partial charge in [-0.1, -0.05) is 46.0 Å². The maximum atomic E-state index is 12.9. The molecule has 2 unspecified atom stereocenters. The van der Waals surface area contributed by atoms with E-state index >= 15 is 0 Å². The lowest BCUT2D eigenvalue weighted by Gasteiger charge is -2.48. The molecule has 1 aliphatic rings. The summed E-state index contributed by atoms with van der Waals surface area (Å²) >= 11 is 0. The molecule has 0 radical (unpaired) electrons. The van der Waals surface area contributed by atoms with Crippen molar-refractivity contribution in [1.82, 2.24) is 0 Å². The number of anilines is 2. The van der Waals surface area contributed by atoms with Crippen molar-refractivity contribution in [3.63, 3.8) is 0 Å². The largest absolute Gasteiger partial charge is 0.399 e. The van der Waals surface area contributed by atoms with E-state index in [2.05, 4.69) is 65.2 Å². The molecule has 3 N–H and O–H groups in total. The minimum Gasteiger partial charge on any atom is -0.399 e. The Hall–Kier alpha value is -2.23. The number of carbonyl (C=O) groups excluding carboxylic acids is 1. The second-order valence-electron chi connectivity index (χ2n) is 14.1. The van der Waals surface area contributed by atoms with Gasteiger partial charge >= 0.3 is 0 Å². The van der Waals surface area contributed by atoms with Crippen molar-refractivity contribution in [2.24, 2.45) is 0 Å². The second kappa shape index (κ2) is 13.2. The highest BCUT2D eigenvalue weighted by atomic mass is 28.3. The summed E-state index contributed by atoms with van der Waals surface area (Å²) in [5, 5.41) is 3.07. The summed E-state index contributed by atoms with van der Waals surface area (Å²) in [6.45, 7) is 25.6. The first-order valence-corrected chi connectivity index (χ1v) is 18.2. The summed E-state index contributed by atoms with van der Waals surface area (Å²) in [7, 11) is -1.71. The standard InChI is InChI=1S/C34H54N2O5Si/c1-12-38-23(2)39-21-30-28-19-24(35)13-15-26(28)27-16-14-25(20-29(27)30)36-31(37)22-41-33(6,7)17-18-40-34(8,9)42(10,11)32(3,4)5/h13-16,19-20,23,30H,12,17-18,21-22,35H2,1-11H3,(H,36,37). The summed E-state index contributed by atoms with van der Waals surface area (Å²) in [5.74, 6) is -0.202. The van der Waals surface area contributed by atoms with E-state index in [1.165, 1.54) is 0 Å². The Kier molecular flexibility index (Phi) is 10.8. The normalized spacial score (nSPS) is 16.2. The predicted octanol–water partition coefficient (Wildman–Crippen LogP) is 7.75.